The Balaban J connectivity index is 1.57. The van der Waals surface area contributed by atoms with Crippen LogP contribution in [0, 0.1) is 6.92 Å². The van der Waals surface area contributed by atoms with Crippen LogP contribution in [0.2, 0.25) is 0 Å². The molecule has 1 aliphatic carbocycles. The Kier molecular flexibility index (Phi) is 5.40. The monoisotopic (exact) mass is 346 g/mol. The van der Waals surface area contributed by atoms with Crippen molar-refractivity contribution in [2.24, 2.45) is 0 Å². The predicted octanol–water partition coefficient (Wildman–Crippen LogP) is 2.94. The number of benzene rings is 1. The van der Waals surface area contributed by atoms with Crippen molar-refractivity contribution in [1.29, 1.82) is 0 Å². The fraction of sp³-hybridized carbons (Fsp3) is 0.471. The van der Waals surface area contributed by atoms with E-state index in [1.54, 1.807) is 0 Å². The number of hydrogen-bond acceptors (Lipinski definition) is 6. The zero-order valence-corrected chi connectivity index (χ0v) is 14.6. The van der Waals surface area contributed by atoms with E-state index in [1.165, 1.54) is 28.4 Å². The van der Waals surface area contributed by atoms with Crippen LogP contribution in [0.1, 0.15) is 37.7 Å². The van der Waals surface area contributed by atoms with Crippen LogP contribution >= 0.6 is 11.8 Å². The fourth-order valence-electron chi connectivity index (χ4n) is 2.80. The van der Waals surface area contributed by atoms with Crippen molar-refractivity contribution in [1.82, 2.24) is 14.9 Å². The third-order valence-electron chi connectivity index (χ3n) is 4.14. The maximum atomic E-state index is 12.0. The van der Waals surface area contributed by atoms with E-state index in [1.807, 2.05) is 31.2 Å². The number of rotatable bonds is 5. The first kappa shape index (κ1) is 16.8. The minimum Gasteiger partial charge on any atom is -0.462 e. The molecule has 1 fully saturated rings. The Hall–Kier alpha value is -2.02. The second-order valence-electron chi connectivity index (χ2n) is 6.08. The summed E-state index contributed by atoms with van der Waals surface area (Å²) in [5.74, 6) is 6.62. The fourth-order valence-corrected chi connectivity index (χ4v) is 3.44. The third-order valence-corrected chi connectivity index (χ3v) is 5.06. The Morgan fingerprint density at radius 2 is 1.96 bits per heavy atom. The second kappa shape index (κ2) is 7.70. The third kappa shape index (κ3) is 4.08. The Labute approximate surface area is 145 Å². The normalized spacial score (nSPS) is 15.4. The van der Waals surface area contributed by atoms with Crippen LogP contribution < -0.4 is 5.84 Å². The summed E-state index contributed by atoms with van der Waals surface area (Å²) in [5, 5.41) is 8.71. The van der Waals surface area contributed by atoms with Crippen LogP contribution in [0.3, 0.4) is 0 Å². The lowest BCUT2D eigenvalue weighted by molar-refractivity contribution is -0.147. The molecule has 0 amide bonds. The SMILES string of the molecule is Cc1ccc(-c2nnc(SCC(=O)OC3CCCCC3)n2N)cc1. The highest BCUT2D eigenvalue weighted by atomic mass is 32.2. The minimum absolute atomic E-state index is 0.0747. The number of hydrogen-bond donors (Lipinski definition) is 1. The van der Waals surface area contributed by atoms with Gasteiger partial charge in [-0.25, -0.2) is 4.68 Å². The minimum atomic E-state index is -0.216. The molecule has 6 nitrogen and oxygen atoms in total. The molecule has 3 rings (SSSR count). The summed E-state index contributed by atoms with van der Waals surface area (Å²) in [6.45, 7) is 2.02. The predicted molar refractivity (Wildman–Crippen MR) is 94.0 cm³/mol. The maximum absolute atomic E-state index is 12.0. The van der Waals surface area contributed by atoms with Gasteiger partial charge >= 0.3 is 5.97 Å². The molecule has 0 bridgehead atoms. The Morgan fingerprint density at radius 1 is 1.25 bits per heavy atom. The van der Waals surface area contributed by atoms with Crippen molar-refractivity contribution in [3.05, 3.63) is 29.8 Å². The van der Waals surface area contributed by atoms with Crippen molar-refractivity contribution < 1.29 is 9.53 Å². The van der Waals surface area contributed by atoms with E-state index in [-0.39, 0.29) is 17.8 Å². The van der Waals surface area contributed by atoms with Gasteiger partial charge in [-0.3, -0.25) is 4.79 Å². The molecule has 0 radical (unpaired) electrons. The van der Waals surface area contributed by atoms with Crippen LogP contribution in [0.15, 0.2) is 29.4 Å². The standard InChI is InChI=1S/C17H22N4O2S/c1-12-7-9-13(10-8-12)16-19-20-17(21(16)18)24-11-15(22)23-14-5-3-2-4-6-14/h7-10,14H,2-6,11,18H2,1H3. The summed E-state index contributed by atoms with van der Waals surface area (Å²) in [7, 11) is 0. The molecule has 2 N–H and O–H groups in total. The average Bonchev–Trinajstić information content (AvgIpc) is 2.95. The Bertz CT molecular complexity index is 693. The molecule has 0 atom stereocenters. The molecular formula is C17H22N4O2S. The van der Waals surface area contributed by atoms with Gasteiger partial charge in [-0.2, -0.15) is 0 Å². The highest BCUT2D eigenvalue weighted by Crippen LogP contribution is 2.24. The van der Waals surface area contributed by atoms with Gasteiger partial charge in [0.25, 0.3) is 0 Å². The number of nitrogens with two attached hydrogens (primary N) is 1. The molecule has 0 unspecified atom stereocenters. The summed E-state index contributed by atoms with van der Waals surface area (Å²) in [6.07, 6.45) is 5.54. The molecular weight excluding hydrogens is 324 g/mol. The van der Waals surface area contributed by atoms with Crippen LogP contribution in [0.5, 0.6) is 0 Å². The number of carbonyl (C=O) groups excluding carboxylic acids is 1. The second-order valence-corrected chi connectivity index (χ2v) is 7.02. The quantitative estimate of drug-likeness (QED) is 0.509. The summed E-state index contributed by atoms with van der Waals surface area (Å²) in [4.78, 5) is 12.0. The summed E-state index contributed by atoms with van der Waals surface area (Å²) in [5.41, 5.74) is 2.06. The van der Waals surface area contributed by atoms with Gasteiger partial charge in [0.2, 0.25) is 5.16 Å². The molecule has 1 aromatic heterocycles. The zero-order chi connectivity index (χ0) is 16.9. The van der Waals surface area contributed by atoms with Crippen LogP contribution in [0.4, 0.5) is 0 Å². The topological polar surface area (TPSA) is 83.0 Å². The number of carbonyl (C=O) groups is 1. The first-order valence-electron chi connectivity index (χ1n) is 8.23. The maximum Gasteiger partial charge on any atom is 0.316 e. The van der Waals surface area contributed by atoms with Gasteiger partial charge in [0, 0.05) is 5.56 Å². The van der Waals surface area contributed by atoms with Gasteiger partial charge < -0.3 is 10.6 Å². The number of esters is 1. The number of aromatic nitrogens is 3. The van der Waals surface area contributed by atoms with E-state index in [0.717, 1.165) is 31.2 Å². The van der Waals surface area contributed by atoms with Gasteiger partial charge in [-0.15, -0.1) is 10.2 Å². The summed E-state index contributed by atoms with van der Waals surface area (Å²) in [6, 6.07) is 7.90. The molecule has 24 heavy (non-hydrogen) atoms. The van der Waals surface area contributed by atoms with Crippen LogP contribution in [-0.2, 0) is 9.53 Å². The van der Waals surface area contributed by atoms with E-state index in [4.69, 9.17) is 10.6 Å². The lowest BCUT2D eigenvalue weighted by Gasteiger charge is -2.21. The zero-order valence-electron chi connectivity index (χ0n) is 13.8. The number of aryl methyl sites for hydroxylation is 1. The molecule has 0 aliphatic heterocycles. The van der Waals surface area contributed by atoms with Gasteiger partial charge in [0.15, 0.2) is 5.82 Å². The number of nitrogen functional groups attached to an aromatic ring is 1. The first-order chi connectivity index (χ1) is 11.6. The number of ether oxygens (including phenoxy) is 1. The van der Waals surface area contributed by atoms with E-state index in [0.29, 0.717) is 11.0 Å². The van der Waals surface area contributed by atoms with E-state index in [2.05, 4.69) is 10.2 Å². The molecule has 0 saturated heterocycles. The van der Waals surface area contributed by atoms with Crippen LogP contribution in [-0.4, -0.2) is 32.7 Å². The van der Waals surface area contributed by atoms with Crippen molar-refractivity contribution in [2.75, 3.05) is 11.6 Å². The van der Waals surface area contributed by atoms with E-state index >= 15 is 0 Å². The molecule has 7 heteroatoms. The molecule has 0 spiro atoms. The molecule has 2 aromatic rings. The molecule has 1 aromatic carbocycles. The lowest BCUT2D eigenvalue weighted by atomic mass is 9.98. The van der Waals surface area contributed by atoms with Gasteiger partial charge in [-0.1, -0.05) is 48.0 Å². The van der Waals surface area contributed by atoms with Gasteiger partial charge in [0.1, 0.15) is 6.10 Å². The van der Waals surface area contributed by atoms with Crippen molar-refractivity contribution in [3.8, 4) is 11.4 Å². The van der Waals surface area contributed by atoms with Crippen molar-refractivity contribution >= 4 is 17.7 Å². The van der Waals surface area contributed by atoms with Crippen molar-refractivity contribution in [3.63, 3.8) is 0 Å². The molecule has 1 saturated carbocycles. The highest BCUT2D eigenvalue weighted by Gasteiger charge is 2.19. The molecule has 128 valence electrons. The summed E-state index contributed by atoms with van der Waals surface area (Å²) < 4.78 is 6.92. The van der Waals surface area contributed by atoms with E-state index in [9.17, 15) is 4.79 Å². The average molecular weight is 346 g/mol. The van der Waals surface area contributed by atoms with Gasteiger partial charge in [-0.05, 0) is 32.6 Å². The largest absolute Gasteiger partial charge is 0.462 e. The van der Waals surface area contributed by atoms with Gasteiger partial charge in [0.05, 0.1) is 5.75 Å². The first-order valence-corrected chi connectivity index (χ1v) is 9.22. The summed E-state index contributed by atoms with van der Waals surface area (Å²) >= 11 is 1.25. The van der Waals surface area contributed by atoms with Crippen molar-refractivity contribution in [2.45, 2.75) is 50.3 Å². The number of nitrogens with zero attached hydrogens (tertiary/aromatic N) is 3. The van der Waals surface area contributed by atoms with Crippen LogP contribution in [0.25, 0.3) is 11.4 Å². The highest BCUT2D eigenvalue weighted by molar-refractivity contribution is 7.99. The Morgan fingerprint density at radius 3 is 2.67 bits per heavy atom. The molecule has 1 aliphatic rings. The lowest BCUT2D eigenvalue weighted by Crippen LogP contribution is -2.22. The molecule has 1 heterocycles. The van der Waals surface area contributed by atoms with E-state index < -0.39 is 0 Å². The number of thioether (sulfide) groups is 1. The smallest absolute Gasteiger partial charge is 0.316 e.